The molecule has 0 radical (unpaired) electrons. The van der Waals surface area contributed by atoms with Crippen LogP contribution in [-0.2, 0) is 19.3 Å². The Morgan fingerprint density at radius 2 is 1.70 bits per heavy atom. The van der Waals surface area contributed by atoms with E-state index in [1.165, 1.54) is 12.1 Å². The van der Waals surface area contributed by atoms with E-state index in [0.717, 1.165) is 35.7 Å². The predicted octanol–water partition coefficient (Wildman–Crippen LogP) is 4.55. The Bertz CT molecular complexity index is 1000. The SMILES string of the molecule is CCN(Cc1ccc2c(c1)OCCO2)Cc1nc(-c2ccc(C(F)(F)F)cc2)no1. The molecule has 0 saturated heterocycles. The second-order valence-corrected chi connectivity index (χ2v) is 6.87. The number of hydrogen-bond acceptors (Lipinski definition) is 6. The van der Waals surface area contributed by atoms with E-state index in [9.17, 15) is 13.2 Å². The number of nitrogens with zero attached hydrogens (tertiary/aromatic N) is 3. The van der Waals surface area contributed by atoms with Gasteiger partial charge < -0.3 is 14.0 Å². The van der Waals surface area contributed by atoms with Crippen LogP contribution < -0.4 is 9.47 Å². The number of benzene rings is 2. The standard InChI is InChI=1S/C21H20F3N3O3/c1-2-27(12-14-3-8-17-18(11-14)29-10-9-28-17)13-19-25-20(26-30-19)15-4-6-16(7-5-15)21(22,23)24/h3-8,11H,2,9-10,12-13H2,1H3. The molecule has 1 aliphatic heterocycles. The molecule has 2 aromatic carbocycles. The first-order valence-electron chi connectivity index (χ1n) is 9.53. The second-order valence-electron chi connectivity index (χ2n) is 6.87. The van der Waals surface area contributed by atoms with Crippen molar-refractivity contribution in [1.82, 2.24) is 15.0 Å². The van der Waals surface area contributed by atoms with Crippen LogP contribution in [0.15, 0.2) is 47.0 Å². The fraction of sp³-hybridized carbons (Fsp3) is 0.333. The van der Waals surface area contributed by atoms with Crippen LogP contribution in [0.5, 0.6) is 11.5 Å². The summed E-state index contributed by atoms with van der Waals surface area (Å²) in [6, 6.07) is 10.5. The summed E-state index contributed by atoms with van der Waals surface area (Å²) in [5, 5.41) is 3.90. The number of halogens is 3. The van der Waals surface area contributed by atoms with Gasteiger partial charge in [-0.1, -0.05) is 30.3 Å². The Hall–Kier alpha value is -3.07. The van der Waals surface area contributed by atoms with Crippen molar-refractivity contribution in [3.8, 4) is 22.9 Å². The van der Waals surface area contributed by atoms with E-state index in [0.29, 0.717) is 37.8 Å². The molecule has 30 heavy (non-hydrogen) atoms. The number of hydrogen-bond donors (Lipinski definition) is 0. The summed E-state index contributed by atoms with van der Waals surface area (Å²) >= 11 is 0. The molecule has 0 saturated carbocycles. The van der Waals surface area contributed by atoms with E-state index in [2.05, 4.69) is 15.0 Å². The first-order valence-corrected chi connectivity index (χ1v) is 9.53. The van der Waals surface area contributed by atoms with Gasteiger partial charge in [-0.3, -0.25) is 4.90 Å². The average Bonchev–Trinajstić information content (AvgIpc) is 3.21. The zero-order chi connectivity index (χ0) is 21.1. The fourth-order valence-corrected chi connectivity index (χ4v) is 3.16. The van der Waals surface area contributed by atoms with Gasteiger partial charge in [-0.25, -0.2) is 0 Å². The molecular formula is C21H20F3N3O3. The first-order chi connectivity index (χ1) is 14.4. The molecule has 0 amide bonds. The molecule has 3 aromatic rings. The van der Waals surface area contributed by atoms with Crippen LogP contribution in [0, 0.1) is 0 Å². The highest BCUT2D eigenvalue weighted by Crippen LogP contribution is 2.32. The van der Waals surface area contributed by atoms with E-state index in [-0.39, 0.29) is 5.82 Å². The van der Waals surface area contributed by atoms with Crippen LogP contribution in [0.1, 0.15) is 23.9 Å². The summed E-state index contributed by atoms with van der Waals surface area (Å²) in [5.41, 5.74) is 0.808. The Balaban J connectivity index is 1.43. The maximum atomic E-state index is 12.7. The molecular weight excluding hydrogens is 399 g/mol. The quantitative estimate of drug-likeness (QED) is 0.584. The maximum Gasteiger partial charge on any atom is 0.416 e. The van der Waals surface area contributed by atoms with Crippen molar-refractivity contribution in [2.75, 3.05) is 19.8 Å². The zero-order valence-corrected chi connectivity index (χ0v) is 16.3. The molecule has 1 aromatic heterocycles. The van der Waals surface area contributed by atoms with Gasteiger partial charge in [0.2, 0.25) is 11.7 Å². The highest BCUT2D eigenvalue weighted by Gasteiger charge is 2.30. The van der Waals surface area contributed by atoms with E-state index < -0.39 is 11.7 Å². The van der Waals surface area contributed by atoms with Crippen molar-refractivity contribution in [3.63, 3.8) is 0 Å². The van der Waals surface area contributed by atoms with Gasteiger partial charge in [-0.05, 0) is 36.4 Å². The number of fused-ring (bicyclic) bond motifs is 1. The monoisotopic (exact) mass is 419 g/mol. The van der Waals surface area contributed by atoms with Crippen molar-refractivity contribution in [2.24, 2.45) is 0 Å². The lowest BCUT2D eigenvalue weighted by molar-refractivity contribution is -0.137. The van der Waals surface area contributed by atoms with Crippen LogP contribution in [-0.4, -0.2) is 34.8 Å². The van der Waals surface area contributed by atoms with Crippen molar-refractivity contribution >= 4 is 0 Å². The molecule has 4 rings (SSSR count). The van der Waals surface area contributed by atoms with Gasteiger partial charge in [0, 0.05) is 12.1 Å². The van der Waals surface area contributed by atoms with Gasteiger partial charge in [0.15, 0.2) is 11.5 Å². The summed E-state index contributed by atoms with van der Waals surface area (Å²) in [5.74, 6) is 2.13. The minimum atomic E-state index is -4.38. The van der Waals surface area contributed by atoms with Gasteiger partial charge in [0.1, 0.15) is 13.2 Å². The number of ether oxygens (including phenoxy) is 2. The third-order valence-corrected chi connectivity index (χ3v) is 4.76. The molecule has 2 heterocycles. The summed E-state index contributed by atoms with van der Waals surface area (Å²) in [4.78, 5) is 6.43. The second kappa shape index (κ2) is 8.35. The molecule has 9 heteroatoms. The molecule has 1 aliphatic rings. The third-order valence-electron chi connectivity index (χ3n) is 4.76. The van der Waals surface area contributed by atoms with E-state index >= 15 is 0 Å². The van der Waals surface area contributed by atoms with Gasteiger partial charge in [-0.15, -0.1) is 0 Å². The molecule has 0 unspecified atom stereocenters. The number of alkyl halides is 3. The van der Waals surface area contributed by atoms with Crippen LogP contribution >= 0.6 is 0 Å². The number of rotatable bonds is 6. The highest BCUT2D eigenvalue weighted by atomic mass is 19.4. The molecule has 0 N–H and O–H groups in total. The van der Waals surface area contributed by atoms with Crippen molar-refractivity contribution in [1.29, 1.82) is 0 Å². The highest BCUT2D eigenvalue weighted by molar-refractivity contribution is 5.54. The van der Waals surface area contributed by atoms with E-state index in [1.54, 1.807) is 0 Å². The molecule has 6 nitrogen and oxygen atoms in total. The minimum Gasteiger partial charge on any atom is -0.486 e. The number of aromatic nitrogens is 2. The van der Waals surface area contributed by atoms with Gasteiger partial charge >= 0.3 is 6.18 Å². The fourth-order valence-electron chi connectivity index (χ4n) is 3.16. The summed E-state index contributed by atoms with van der Waals surface area (Å²) in [7, 11) is 0. The maximum absolute atomic E-state index is 12.7. The topological polar surface area (TPSA) is 60.6 Å². The molecule has 158 valence electrons. The molecule has 0 atom stereocenters. The van der Waals surface area contributed by atoms with E-state index in [1.807, 2.05) is 25.1 Å². The molecule has 0 bridgehead atoms. The Kier molecular flexibility index (Phi) is 5.63. The lowest BCUT2D eigenvalue weighted by Gasteiger charge is -2.21. The molecule has 0 aliphatic carbocycles. The Morgan fingerprint density at radius 1 is 0.967 bits per heavy atom. The average molecular weight is 419 g/mol. The van der Waals surface area contributed by atoms with E-state index in [4.69, 9.17) is 14.0 Å². The smallest absolute Gasteiger partial charge is 0.416 e. The van der Waals surface area contributed by atoms with Gasteiger partial charge in [0.05, 0.1) is 12.1 Å². The van der Waals surface area contributed by atoms with Crippen molar-refractivity contribution < 1.29 is 27.2 Å². The normalized spacial score (nSPS) is 13.6. The zero-order valence-electron chi connectivity index (χ0n) is 16.3. The first kappa shape index (κ1) is 20.2. The van der Waals surface area contributed by atoms with Crippen LogP contribution in [0.4, 0.5) is 13.2 Å². The summed E-state index contributed by atoms with van der Waals surface area (Å²) < 4.78 is 54.6. The predicted molar refractivity (Wildman–Crippen MR) is 102 cm³/mol. The Morgan fingerprint density at radius 3 is 2.40 bits per heavy atom. The Labute approximate surface area is 171 Å². The largest absolute Gasteiger partial charge is 0.486 e. The lowest BCUT2D eigenvalue weighted by Crippen LogP contribution is -2.23. The lowest BCUT2D eigenvalue weighted by atomic mass is 10.1. The van der Waals surface area contributed by atoms with Crippen LogP contribution in [0.3, 0.4) is 0 Å². The van der Waals surface area contributed by atoms with Crippen molar-refractivity contribution in [3.05, 3.63) is 59.5 Å². The molecule has 0 spiro atoms. The third kappa shape index (κ3) is 4.56. The molecule has 0 fully saturated rings. The minimum absolute atomic E-state index is 0.258. The van der Waals surface area contributed by atoms with Gasteiger partial charge in [-0.2, -0.15) is 18.2 Å². The van der Waals surface area contributed by atoms with Crippen LogP contribution in [0.25, 0.3) is 11.4 Å². The van der Waals surface area contributed by atoms with Crippen molar-refractivity contribution in [2.45, 2.75) is 26.2 Å². The summed E-state index contributed by atoms with van der Waals surface area (Å²) in [6.07, 6.45) is -4.38. The van der Waals surface area contributed by atoms with Crippen LogP contribution in [0.2, 0.25) is 0 Å². The summed E-state index contributed by atoms with van der Waals surface area (Å²) in [6.45, 7) is 4.90. The van der Waals surface area contributed by atoms with Gasteiger partial charge in [0.25, 0.3) is 0 Å².